The molecular weight excluding hydrogens is 563 g/mol. The predicted octanol–water partition coefficient (Wildman–Crippen LogP) is 4.31. The van der Waals surface area contributed by atoms with Crippen LogP contribution in [-0.4, -0.2) is 80.7 Å². The number of aliphatic carboxylic acids is 1. The van der Waals surface area contributed by atoms with Crippen LogP contribution < -0.4 is 14.9 Å². The number of halogens is 3. The van der Waals surface area contributed by atoms with Crippen molar-refractivity contribution in [3.63, 3.8) is 0 Å². The molecule has 1 aromatic heterocycles. The van der Waals surface area contributed by atoms with E-state index in [1.165, 1.54) is 6.20 Å². The molecule has 0 radical (unpaired) electrons. The van der Waals surface area contributed by atoms with E-state index in [1.54, 1.807) is 18.2 Å². The molecule has 1 aliphatic rings. The Morgan fingerprint density at radius 1 is 1.10 bits per heavy atom. The second kappa shape index (κ2) is 15.0. The molecular formula is C27H38F3N5O5S. The summed E-state index contributed by atoms with van der Waals surface area (Å²) < 4.78 is 60.4. The Morgan fingerprint density at radius 3 is 2.10 bits per heavy atom. The van der Waals surface area contributed by atoms with E-state index >= 15 is 0 Å². The molecule has 1 amide bonds. The number of carbonyl (C=O) groups is 2. The fourth-order valence-electron chi connectivity index (χ4n) is 4.07. The van der Waals surface area contributed by atoms with Gasteiger partial charge in [0.05, 0.1) is 22.3 Å². The van der Waals surface area contributed by atoms with Crippen LogP contribution in [0.1, 0.15) is 62.4 Å². The second-order valence-electron chi connectivity index (χ2n) is 9.76. The lowest BCUT2D eigenvalue weighted by Crippen LogP contribution is -2.45. The number of aromatic nitrogens is 1. The number of hydrogen-bond acceptors (Lipinski definition) is 7. The van der Waals surface area contributed by atoms with Gasteiger partial charge in [0.2, 0.25) is 0 Å². The van der Waals surface area contributed by atoms with E-state index in [9.17, 15) is 26.4 Å². The van der Waals surface area contributed by atoms with Crippen LogP contribution in [0.25, 0.3) is 0 Å². The summed E-state index contributed by atoms with van der Waals surface area (Å²) in [7, 11) is -3.82. The number of carbonyl (C=O) groups excluding carboxylic acids is 1. The summed E-state index contributed by atoms with van der Waals surface area (Å²) in [6.07, 6.45) is -1.89. The number of nitrogens with one attached hydrogen (secondary N) is 2. The van der Waals surface area contributed by atoms with Gasteiger partial charge < -0.3 is 20.2 Å². The molecule has 14 heteroatoms. The lowest BCUT2D eigenvalue weighted by molar-refractivity contribution is -0.192. The lowest BCUT2D eigenvalue weighted by atomic mass is 10.0. The van der Waals surface area contributed by atoms with Crippen LogP contribution in [-0.2, 0) is 14.8 Å². The summed E-state index contributed by atoms with van der Waals surface area (Å²) in [5.41, 5.74) is 1.78. The smallest absolute Gasteiger partial charge is 0.475 e. The summed E-state index contributed by atoms with van der Waals surface area (Å²) in [5, 5.41) is 10.4. The molecule has 1 saturated heterocycles. The van der Waals surface area contributed by atoms with E-state index in [2.05, 4.69) is 33.8 Å². The number of carboxylic acid groups (broad SMARTS) is 1. The Kier molecular flexibility index (Phi) is 12.4. The van der Waals surface area contributed by atoms with Crippen molar-refractivity contribution in [1.82, 2.24) is 15.2 Å². The minimum absolute atomic E-state index is 0.118. The van der Waals surface area contributed by atoms with Gasteiger partial charge in [-0.1, -0.05) is 39.8 Å². The molecule has 1 aliphatic heterocycles. The van der Waals surface area contributed by atoms with E-state index in [0.29, 0.717) is 30.4 Å². The zero-order chi connectivity index (χ0) is 30.8. The molecule has 2 aromatic rings. The van der Waals surface area contributed by atoms with E-state index in [0.717, 1.165) is 44.6 Å². The van der Waals surface area contributed by atoms with Gasteiger partial charge in [-0.15, -0.1) is 0 Å². The molecule has 1 fully saturated rings. The maximum absolute atomic E-state index is 13.5. The van der Waals surface area contributed by atoms with Crippen LogP contribution in [0, 0.1) is 0 Å². The van der Waals surface area contributed by atoms with Crippen molar-refractivity contribution in [1.29, 1.82) is 0 Å². The molecule has 2 heterocycles. The molecule has 0 aliphatic carbocycles. The average Bonchev–Trinajstić information content (AvgIpc) is 2.92. The Labute approximate surface area is 239 Å². The number of sulfonamides is 1. The summed E-state index contributed by atoms with van der Waals surface area (Å²) >= 11 is 0. The highest BCUT2D eigenvalue weighted by Crippen LogP contribution is 2.26. The Hall–Kier alpha value is -3.39. The lowest BCUT2D eigenvalue weighted by Gasteiger charge is -2.31. The van der Waals surface area contributed by atoms with Gasteiger partial charge in [-0.3, -0.25) is 9.52 Å². The largest absolute Gasteiger partial charge is 0.490 e. The summed E-state index contributed by atoms with van der Waals surface area (Å²) in [6, 6.07) is 8.50. The fourth-order valence-corrected chi connectivity index (χ4v) is 5.10. The summed E-state index contributed by atoms with van der Waals surface area (Å²) in [4.78, 5) is 31.1. The Morgan fingerprint density at radius 2 is 1.63 bits per heavy atom. The SMILES string of the molecule is CCCN(CCC)C(=O)c1cc(NS(=O)(=O)c2ccc(C(C)C)cc2)cnc1N1CCNCC1.O=C(O)C(F)(F)F. The molecule has 3 rings (SSSR count). The molecule has 1 aromatic carbocycles. The first-order valence-electron chi connectivity index (χ1n) is 13.4. The monoisotopic (exact) mass is 601 g/mol. The Bertz CT molecular complexity index is 1260. The van der Waals surface area contributed by atoms with Crippen LogP contribution in [0.2, 0.25) is 0 Å². The van der Waals surface area contributed by atoms with E-state index in [4.69, 9.17) is 9.90 Å². The highest BCUT2D eigenvalue weighted by atomic mass is 32.2. The van der Waals surface area contributed by atoms with Crippen LogP contribution >= 0.6 is 0 Å². The second-order valence-corrected chi connectivity index (χ2v) is 11.4. The Balaban J connectivity index is 0.000000745. The van der Waals surface area contributed by atoms with Gasteiger partial charge in [0.25, 0.3) is 15.9 Å². The number of hydrogen-bond donors (Lipinski definition) is 3. The third-order valence-corrected chi connectivity index (χ3v) is 7.54. The van der Waals surface area contributed by atoms with Crippen molar-refractivity contribution in [3.8, 4) is 0 Å². The van der Waals surface area contributed by atoms with E-state index in [-0.39, 0.29) is 16.5 Å². The van der Waals surface area contributed by atoms with Crippen LogP contribution in [0.4, 0.5) is 24.7 Å². The maximum atomic E-state index is 13.5. The zero-order valence-electron chi connectivity index (χ0n) is 23.7. The number of alkyl halides is 3. The number of benzene rings is 1. The van der Waals surface area contributed by atoms with Crippen molar-refractivity contribution < 1.29 is 36.3 Å². The number of pyridine rings is 1. The minimum atomic E-state index is -5.08. The number of amides is 1. The molecule has 0 atom stereocenters. The van der Waals surface area contributed by atoms with Gasteiger partial charge in [0.15, 0.2) is 0 Å². The third-order valence-electron chi connectivity index (χ3n) is 6.14. The van der Waals surface area contributed by atoms with Crippen molar-refractivity contribution >= 4 is 33.4 Å². The number of carboxylic acids is 1. The molecule has 10 nitrogen and oxygen atoms in total. The fraction of sp³-hybridized carbons (Fsp3) is 0.519. The van der Waals surface area contributed by atoms with Crippen molar-refractivity contribution in [2.24, 2.45) is 0 Å². The normalized spacial score (nSPS) is 13.8. The van der Waals surface area contributed by atoms with Crippen LogP contribution in [0.3, 0.4) is 0 Å². The predicted molar refractivity (Wildman–Crippen MR) is 151 cm³/mol. The molecule has 0 bridgehead atoms. The third kappa shape index (κ3) is 9.88. The summed E-state index contributed by atoms with van der Waals surface area (Å²) in [6.45, 7) is 12.6. The molecule has 0 saturated carbocycles. The van der Waals surface area contributed by atoms with Crippen molar-refractivity contribution in [2.75, 3.05) is 48.9 Å². The van der Waals surface area contributed by atoms with Gasteiger partial charge >= 0.3 is 12.1 Å². The first-order valence-corrected chi connectivity index (χ1v) is 14.9. The molecule has 41 heavy (non-hydrogen) atoms. The topological polar surface area (TPSA) is 132 Å². The van der Waals surface area contributed by atoms with Gasteiger partial charge in [-0.2, -0.15) is 13.2 Å². The first-order chi connectivity index (χ1) is 19.2. The van der Waals surface area contributed by atoms with E-state index < -0.39 is 22.2 Å². The standard InChI is InChI=1S/C25H37N5O3S.C2HF3O2/c1-5-13-30(14-6-2)25(31)23-17-21(18-27-24(23)29-15-11-26-12-16-29)28-34(32,33)22-9-7-20(8-10-22)19(3)4;3-2(4,5)1(6)7/h7-10,17-19,26,28H,5-6,11-16H2,1-4H3;(H,6,7). The average molecular weight is 602 g/mol. The van der Waals surface area contributed by atoms with E-state index in [1.807, 2.05) is 30.9 Å². The number of piperazine rings is 1. The van der Waals surface area contributed by atoms with Crippen LogP contribution in [0.15, 0.2) is 41.4 Å². The molecule has 0 unspecified atom stereocenters. The first kappa shape index (κ1) is 33.8. The molecule has 0 spiro atoms. The van der Waals surface area contributed by atoms with Gasteiger partial charge in [0.1, 0.15) is 5.82 Å². The highest BCUT2D eigenvalue weighted by Gasteiger charge is 2.38. The molecule has 228 valence electrons. The van der Waals surface area contributed by atoms with Gasteiger partial charge in [-0.05, 0) is 42.5 Å². The van der Waals surface area contributed by atoms with Crippen molar-refractivity contribution in [2.45, 2.75) is 57.5 Å². The van der Waals surface area contributed by atoms with Gasteiger partial charge in [0, 0.05) is 39.3 Å². The van der Waals surface area contributed by atoms with Crippen molar-refractivity contribution in [3.05, 3.63) is 47.7 Å². The minimum Gasteiger partial charge on any atom is -0.475 e. The highest BCUT2D eigenvalue weighted by molar-refractivity contribution is 7.92. The quantitative estimate of drug-likeness (QED) is 0.367. The number of nitrogens with zero attached hydrogens (tertiary/aromatic N) is 3. The summed E-state index contributed by atoms with van der Waals surface area (Å²) in [5.74, 6) is -1.96. The van der Waals surface area contributed by atoms with Crippen LogP contribution in [0.5, 0.6) is 0 Å². The zero-order valence-corrected chi connectivity index (χ0v) is 24.5. The van der Waals surface area contributed by atoms with Gasteiger partial charge in [-0.25, -0.2) is 18.2 Å². The maximum Gasteiger partial charge on any atom is 0.490 e. The molecule has 3 N–H and O–H groups in total. The number of anilines is 2. The number of rotatable bonds is 10.